The van der Waals surface area contributed by atoms with Gasteiger partial charge in [0.05, 0.1) is 12.2 Å². The van der Waals surface area contributed by atoms with Crippen molar-refractivity contribution in [3.05, 3.63) is 29.8 Å². The molecular formula is C15H22N2O3. The van der Waals surface area contributed by atoms with Gasteiger partial charge in [0.25, 0.3) is 5.91 Å². The monoisotopic (exact) mass is 278 g/mol. The van der Waals surface area contributed by atoms with E-state index in [0.717, 1.165) is 5.69 Å². The smallest absolute Gasteiger partial charge is 0.325 e. The van der Waals surface area contributed by atoms with Crippen molar-refractivity contribution in [1.82, 2.24) is 4.90 Å². The van der Waals surface area contributed by atoms with E-state index in [4.69, 9.17) is 4.74 Å². The van der Waals surface area contributed by atoms with Crippen molar-refractivity contribution in [2.45, 2.75) is 26.8 Å². The normalized spacial score (nSPS) is 10.2. The molecule has 0 spiro atoms. The van der Waals surface area contributed by atoms with E-state index in [2.05, 4.69) is 5.32 Å². The summed E-state index contributed by atoms with van der Waals surface area (Å²) in [7, 11) is 1.76. The van der Waals surface area contributed by atoms with Gasteiger partial charge in [0.2, 0.25) is 0 Å². The number of carbonyl (C=O) groups excluding carboxylic acids is 2. The number of para-hydroxylation sites is 1. The first-order chi connectivity index (χ1) is 9.51. The van der Waals surface area contributed by atoms with Gasteiger partial charge in [-0.05, 0) is 32.9 Å². The van der Waals surface area contributed by atoms with Gasteiger partial charge in [-0.25, -0.2) is 0 Å². The zero-order chi connectivity index (χ0) is 15.1. The second kappa shape index (κ2) is 7.53. The molecule has 1 amide bonds. The molecule has 0 unspecified atom stereocenters. The van der Waals surface area contributed by atoms with Crippen molar-refractivity contribution >= 4 is 17.6 Å². The van der Waals surface area contributed by atoms with Crippen molar-refractivity contribution in [1.29, 1.82) is 0 Å². The summed E-state index contributed by atoms with van der Waals surface area (Å²) in [6.07, 6.45) is 0. The summed E-state index contributed by atoms with van der Waals surface area (Å²) in [4.78, 5) is 25.7. The van der Waals surface area contributed by atoms with E-state index >= 15 is 0 Å². The highest BCUT2D eigenvalue weighted by atomic mass is 16.5. The van der Waals surface area contributed by atoms with E-state index in [1.807, 2.05) is 26.0 Å². The number of rotatable bonds is 6. The number of hydrogen-bond acceptors (Lipinski definition) is 4. The minimum absolute atomic E-state index is 0.0393. The minimum Gasteiger partial charge on any atom is -0.465 e. The average Bonchev–Trinajstić information content (AvgIpc) is 2.44. The molecule has 0 aliphatic carbocycles. The lowest BCUT2D eigenvalue weighted by Gasteiger charge is -2.26. The Morgan fingerprint density at radius 1 is 1.30 bits per heavy atom. The molecule has 1 aromatic rings. The number of hydrogen-bond donors (Lipinski definition) is 1. The van der Waals surface area contributed by atoms with Gasteiger partial charge in [-0.15, -0.1) is 0 Å². The largest absolute Gasteiger partial charge is 0.465 e. The molecule has 110 valence electrons. The molecule has 20 heavy (non-hydrogen) atoms. The third-order valence-electron chi connectivity index (χ3n) is 2.92. The summed E-state index contributed by atoms with van der Waals surface area (Å²) in [6.45, 7) is 5.77. The fourth-order valence-corrected chi connectivity index (χ4v) is 1.88. The SMILES string of the molecule is CCOC(=O)CN(C(=O)c1ccccc1NC)C(C)C. The Morgan fingerprint density at radius 2 is 1.95 bits per heavy atom. The van der Waals surface area contributed by atoms with Gasteiger partial charge in [0.1, 0.15) is 6.54 Å². The number of nitrogens with one attached hydrogen (secondary N) is 1. The molecule has 0 saturated carbocycles. The molecule has 0 fully saturated rings. The Kier molecular flexibility index (Phi) is 6.03. The van der Waals surface area contributed by atoms with Gasteiger partial charge in [0, 0.05) is 18.8 Å². The molecule has 0 aliphatic heterocycles. The lowest BCUT2D eigenvalue weighted by molar-refractivity contribution is -0.144. The maximum atomic E-state index is 12.6. The van der Waals surface area contributed by atoms with Gasteiger partial charge in [-0.2, -0.15) is 0 Å². The summed E-state index contributed by atoms with van der Waals surface area (Å²) in [5, 5.41) is 2.99. The Morgan fingerprint density at radius 3 is 2.50 bits per heavy atom. The second-order valence-corrected chi connectivity index (χ2v) is 4.63. The van der Waals surface area contributed by atoms with Crippen molar-refractivity contribution in [2.75, 3.05) is 25.5 Å². The first-order valence-electron chi connectivity index (χ1n) is 6.74. The maximum absolute atomic E-state index is 12.6. The van der Waals surface area contributed by atoms with Crippen LogP contribution >= 0.6 is 0 Å². The zero-order valence-corrected chi connectivity index (χ0v) is 12.5. The number of carbonyl (C=O) groups is 2. The van der Waals surface area contributed by atoms with Crippen LogP contribution in [0.4, 0.5) is 5.69 Å². The van der Waals surface area contributed by atoms with Crippen LogP contribution in [0.25, 0.3) is 0 Å². The number of esters is 1. The lowest BCUT2D eigenvalue weighted by Crippen LogP contribution is -2.41. The molecule has 5 heteroatoms. The fourth-order valence-electron chi connectivity index (χ4n) is 1.88. The predicted octanol–water partition coefficient (Wildman–Crippen LogP) is 2.14. The molecule has 1 aromatic carbocycles. The van der Waals surface area contributed by atoms with Crippen LogP contribution in [0.5, 0.6) is 0 Å². The maximum Gasteiger partial charge on any atom is 0.325 e. The molecule has 1 rings (SSSR count). The lowest BCUT2D eigenvalue weighted by atomic mass is 10.1. The second-order valence-electron chi connectivity index (χ2n) is 4.63. The van der Waals surface area contributed by atoms with E-state index < -0.39 is 5.97 Å². The summed E-state index contributed by atoms with van der Waals surface area (Å²) >= 11 is 0. The molecule has 0 radical (unpaired) electrons. The molecule has 0 atom stereocenters. The van der Waals surface area contributed by atoms with E-state index in [9.17, 15) is 9.59 Å². The van der Waals surface area contributed by atoms with Crippen LogP contribution in [0, 0.1) is 0 Å². The highest BCUT2D eigenvalue weighted by Crippen LogP contribution is 2.18. The van der Waals surface area contributed by atoms with Crippen molar-refractivity contribution in [3.63, 3.8) is 0 Å². The molecular weight excluding hydrogens is 256 g/mol. The van der Waals surface area contributed by atoms with Crippen molar-refractivity contribution in [2.24, 2.45) is 0 Å². The quantitative estimate of drug-likeness (QED) is 0.810. The zero-order valence-electron chi connectivity index (χ0n) is 12.5. The summed E-state index contributed by atoms with van der Waals surface area (Å²) in [6, 6.07) is 7.15. The molecule has 5 nitrogen and oxygen atoms in total. The molecule has 0 saturated heterocycles. The summed E-state index contributed by atoms with van der Waals surface area (Å²) in [5.74, 6) is -0.575. The van der Waals surface area contributed by atoms with Crippen LogP contribution in [0.2, 0.25) is 0 Å². The van der Waals surface area contributed by atoms with Crippen LogP contribution in [0.3, 0.4) is 0 Å². The Hall–Kier alpha value is -2.04. The topological polar surface area (TPSA) is 58.6 Å². The van der Waals surface area contributed by atoms with Crippen LogP contribution in [-0.4, -0.2) is 43.0 Å². The summed E-state index contributed by atoms with van der Waals surface area (Å²) < 4.78 is 4.92. The highest BCUT2D eigenvalue weighted by Gasteiger charge is 2.23. The number of nitrogens with zero attached hydrogens (tertiary/aromatic N) is 1. The van der Waals surface area contributed by atoms with Crippen LogP contribution < -0.4 is 5.32 Å². The van der Waals surface area contributed by atoms with Crippen LogP contribution in [0.15, 0.2) is 24.3 Å². The van der Waals surface area contributed by atoms with Crippen LogP contribution in [-0.2, 0) is 9.53 Å². The first-order valence-corrected chi connectivity index (χ1v) is 6.74. The molecule has 1 N–H and O–H groups in total. The van der Waals surface area contributed by atoms with Gasteiger partial charge in [0.15, 0.2) is 0 Å². The number of anilines is 1. The molecule has 0 heterocycles. The van der Waals surface area contributed by atoms with Crippen LogP contribution in [0.1, 0.15) is 31.1 Å². The van der Waals surface area contributed by atoms with E-state index in [0.29, 0.717) is 12.2 Å². The first kappa shape index (κ1) is 16.0. The third kappa shape index (κ3) is 3.98. The predicted molar refractivity (Wildman–Crippen MR) is 78.8 cm³/mol. The van der Waals surface area contributed by atoms with E-state index in [1.165, 1.54) is 4.90 Å². The minimum atomic E-state index is -0.392. The average molecular weight is 278 g/mol. The van der Waals surface area contributed by atoms with E-state index in [1.54, 1.807) is 26.1 Å². The van der Waals surface area contributed by atoms with Crippen molar-refractivity contribution in [3.8, 4) is 0 Å². The van der Waals surface area contributed by atoms with Gasteiger partial charge < -0.3 is 15.0 Å². The Labute approximate surface area is 119 Å². The van der Waals surface area contributed by atoms with Gasteiger partial charge >= 0.3 is 5.97 Å². The molecule has 0 aliphatic rings. The summed E-state index contributed by atoms with van der Waals surface area (Å²) in [5.41, 5.74) is 1.29. The number of amides is 1. The molecule has 0 aromatic heterocycles. The Bertz CT molecular complexity index is 472. The highest BCUT2D eigenvalue weighted by molar-refractivity contribution is 6.00. The third-order valence-corrected chi connectivity index (χ3v) is 2.92. The van der Waals surface area contributed by atoms with Gasteiger partial charge in [-0.3, -0.25) is 9.59 Å². The standard InChI is InChI=1S/C15H22N2O3/c1-5-20-14(18)10-17(11(2)3)15(19)12-8-6-7-9-13(12)16-4/h6-9,11,16H,5,10H2,1-4H3. The number of benzene rings is 1. The number of ether oxygens (including phenoxy) is 1. The van der Waals surface area contributed by atoms with E-state index in [-0.39, 0.29) is 18.5 Å². The van der Waals surface area contributed by atoms with Gasteiger partial charge in [-0.1, -0.05) is 12.1 Å². The fraction of sp³-hybridized carbons (Fsp3) is 0.467. The Balaban J connectivity index is 2.97. The molecule has 0 bridgehead atoms. The van der Waals surface area contributed by atoms with Crippen molar-refractivity contribution < 1.29 is 14.3 Å².